The van der Waals surface area contributed by atoms with E-state index in [0.717, 1.165) is 23.7 Å². The Morgan fingerprint density at radius 2 is 1.95 bits per heavy atom. The van der Waals surface area contributed by atoms with Crippen LogP contribution in [-0.4, -0.2) is 34.3 Å². The molecule has 1 aliphatic heterocycles. The van der Waals surface area contributed by atoms with Gasteiger partial charge in [-0.15, -0.1) is 0 Å². The van der Waals surface area contributed by atoms with E-state index in [-0.39, 0.29) is 23.8 Å². The highest BCUT2D eigenvalue weighted by atomic mass is 16.2. The van der Waals surface area contributed by atoms with Gasteiger partial charge >= 0.3 is 0 Å². The number of piperidine rings is 1. The summed E-state index contributed by atoms with van der Waals surface area (Å²) >= 11 is 0. The van der Waals surface area contributed by atoms with Crippen molar-refractivity contribution in [3.63, 3.8) is 0 Å². The summed E-state index contributed by atoms with van der Waals surface area (Å²) in [5.74, 6) is -0.735. The molecule has 0 spiro atoms. The minimum atomic E-state index is -0.337. The van der Waals surface area contributed by atoms with Crippen molar-refractivity contribution < 1.29 is 9.59 Å². The molecule has 0 unspecified atom stereocenters. The molecule has 0 saturated carbocycles. The maximum Gasteiger partial charge on any atom is 0.272 e. The molecule has 2 amide bonds. The zero-order valence-corrected chi connectivity index (χ0v) is 12.5. The Hall–Kier alpha value is -2.43. The second-order valence-electron chi connectivity index (χ2n) is 5.87. The van der Waals surface area contributed by atoms with E-state index in [1.54, 1.807) is 11.0 Å². The van der Waals surface area contributed by atoms with E-state index in [2.05, 4.69) is 4.98 Å². The lowest BCUT2D eigenvalue weighted by atomic mass is 9.92. The summed E-state index contributed by atoms with van der Waals surface area (Å²) in [7, 11) is 0. The predicted molar refractivity (Wildman–Crippen MR) is 84.2 cm³/mol. The number of para-hydroxylation sites is 1. The van der Waals surface area contributed by atoms with Crippen molar-refractivity contribution in [3.05, 3.63) is 42.1 Å². The third-order valence-electron chi connectivity index (χ3n) is 4.36. The minimum Gasteiger partial charge on any atom is -0.369 e. The largest absolute Gasteiger partial charge is 0.369 e. The number of rotatable bonds is 2. The molecule has 3 rings (SSSR count). The van der Waals surface area contributed by atoms with Gasteiger partial charge in [0.05, 0.1) is 11.4 Å². The van der Waals surface area contributed by atoms with Gasteiger partial charge in [-0.3, -0.25) is 9.59 Å². The molecule has 1 aromatic carbocycles. The van der Waals surface area contributed by atoms with Crippen molar-refractivity contribution in [2.24, 2.45) is 11.7 Å². The second kappa shape index (κ2) is 5.75. The van der Waals surface area contributed by atoms with Gasteiger partial charge in [-0.1, -0.05) is 24.3 Å². The third-order valence-corrected chi connectivity index (χ3v) is 4.36. The van der Waals surface area contributed by atoms with Crippen LogP contribution in [0, 0.1) is 5.92 Å². The maximum absolute atomic E-state index is 12.7. The molecule has 114 valence electrons. The van der Waals surface area contributed by atoms with Gasteiger partial charge in [0.1, 0.15) is 5.69 Å². The number of pyridine rings is 1. The van der Waals surface area contributed by atoms with Crippen LogP contribution in [0.4, 0.5) is 0 Å². The topological polar surface area (TPSA) is 76.3 Å². The zero-order chi connectivity index (χ0) is 15.7. The van der Waals surface area contributed by atoms with Gasteiger partial charge in [0.2, 0.25) is 5.91 Å². The number of carbonyl (C=O) groups is 2. The number of likely N-dealkylation sites (tertiary alicyclic amines) is 1. The molecule has 1 saturated heterocycles. The van der Waals surface area contributed by atoms with Gasteiger partial charge in [0, 0.05) is 18.0 Å². The van der Waals surface area contributed by atoms with Crippen LogP contribution in [0.3, 0.4) is 0 Å². The molecule has 2 atom stereocenters. The van der Waals surface area contributed by atoms with Crippen LogP contribution in [-0.2, 0) is 4.79 Å². The standard InChI is InChI=1S/C17H19N3O2/c1-11-6-7-13(16(18)21)10-20(11)17(22)15-9-8-12-4-2-3-5-14(12)19-15/h2-5,8-9,11,13H,6-7,10H2,1H3,(H2,18,21)/t11-,13+/m0/s1. The minimum absolute atomic E-state index is 0.0939. The van der Waals surface area contributed by atoms with Gasteiger partial charge in [0.25, 0.3) is 5.91 Å². The number of fused-ring (bicyclic) bond motifs is 1. The van der Waals surface area contributed by atoms with Gasteiger partial charge < -0.3 is 10.6 Å². The average molecular weight is 297 g/mol. The molecule has 1 aromatic heterocycles. The van der Waals surface area contributed by atoms with Gasteiger partial charge in [-0.25, -0.2) is 4.98 Å². The van der Waals surface area contributed by atoms with E-state index >= 15 is 0 Å². The lowest BCUT2D eigenvalue weighted by molar-refractivity contribution is -0.123. The fourth-order valence-corrected chi connectivity index (χ4v) is 2.95. The van der Waals surface area contributed by atoms with E-state index < -0.39 is 0 Å². The smallest absolute Gasteiger partial charge is 0.272 e. The molecule has 1 aliphatic rings. The molecule has 5 nitrogen and oxygen atoms in total. The molecule has 2 N–H and O–H groups in total. The number of aromatic nitrogens is 1. The second-order valence-corrected chi connectivity index (χ2v) is 5.87. The fourth-order valence-electron chi connectivity index (χ4n) is 2.95. The number of nitrogens with two attached hydrogens (primary N) is 1. The normalized spacial score (nSPS) is 21.8. The van der Waals surface area contributed by atoms with E-state index in [1.165, 1.54) is 0 Å². The molecule has 1 fully saturated rings. The third kappa shape index (κ3) is 2.66. The Kier molecular flexibility index (Phi) is 3.79. The lowest BCUT2D eigenvalue weighted by Crippen LogP contribution is -2.48. The molecular weight excluding hydrogens is 278 g/mol. The van der Waals surface area contributed by atoms with Gasteiger partial charge in [0.15, 0.2) is 0 Å². The number of carbonyl (C=O) groups excluding carboxylic acids is 2. The Labute approximate surface area is 129 Å². The van der Waals surface area contributed by atoms with E-state index in [0.29, 0.717) is 12.2 Å². The average Bonchev–Trinajstić information content (AvgIpc) is 2.54. The lowest BCUT2D eigenvalue weighted by Gasteiger charge is -2.36. The number of amides is 2. The van der Waals surface area contributed by atoms with Crippen LogP contribution < -0.4 is 5.73 Å². The van der Waals surface area contributed by atoms with E-state index in [4.69, 9.17) is 5.73 Å². The van der Waals surface area contributed by atoms with Crippen molar-refractivity contribution in [1.29, 1.82) is 0 Å². The van der Waals surface area contributed by atoms with Crippen molar-refractivity contribution in [2.75, 3.05) is 6.54 Å². The van der Waals surface area contributed by atoms with Crippen LogP contribution in [0.2, 0.25) is 0 Å². The monoisotopic (exact) mass is 297 g/mol. The Bertz CT molecular complexity index is 729. The molecular formula is C17H19N3O2. The molecule has 0 bridgehead atoms. The molecule has 2 aromatic rings. The van der Waals surface area contributed by atoms with Crippen LogP contribution in [0.25, 0.3) is 10.9 Å². The Morgan fingerprint density at radius 3 is 2.73 bits per heavy atom. The first kappa shape index (κ1) is 14.5. The molecule has 22 heavy (non-hydrogen) atoms. The Balaban J connectivity index is 1.88. The number of benzene rings is 1. The van der Waals surface area contributed by atoms with Crippen LogP contribution >= 0.6 is 0 Å². The van der Waals surface area contributed by atoms with Crippen LogP contribution in [0.1, 0.15) is 30.3 Å². The summed E-state index contributed by atoms with van der Waals surface area (Å²) in [6.45, 7) is 2.38. The first-order valence-corrected chi connectivity index (χ1v) is 7.52. The summed E-state index contributed by atoms with van der Waals surface area (Å²) < 4.78 is 0. The van der Waals surface area contributed by atoms with E-state index in [1.807, 2.05) is 37.3 Å². The molecule has 0 aliphatic carbocycles. The highest BCUT2D eigenvalue weighted by Gasteiger charge is 2.32. The highest BCUT2D eigenvalue weighted by molar-refractivity contribution is 5.95. The van der Waals surface area contributed by atoms with Crippen molar-refractivity contribution in [3.8, 4) is 0 Å². The van der Waals surface area contributed by atoms with Gasteiger partial charge in [-0.2, -0.15) is 0 Å². The quantitative estimate of drug-likeness (QED) is 0.920. The molecule has 0 radical (unpaired) electrons. The Morgan fingerprint density at radius 1 is 1.18 bits per heavy atom. The summed E-state index contributed by atoms with van der Waals surface area (Å²) in [6.07, 6.45) is 1.53. The van der Waals surface area contributed by atoms with Crippen molar-refractivity contribution >= 4 is 22.7 Å². The molecule has 5 heteroatoms. The first-order valence-electron chi connectivity index (χ1n) is 7.52. The van der Waals surface area contributed by atoms with Gasteiger partial charge in [-0.05, 0) is 31.9 Å². The summed E-state index contributed by atoms with van der Waals surface area (Å²) in [5.41, 5.74) is 6.60. The van der Waals surface area contributed by atoms with Crippen molar-refractivity contribution in [1.82, 2.24) is 9.88 Å². The molecule has 2 heterocycles. The summed E-state index contributed by atoms with van der Waals surface area (Å²) in [6, 6.07) is 11.4. The number of nitrogens with zero attached hydrogens (tertiary/aromatic N) is 2. The van der Waals surface area contributed by atoms with Crippen LogP contribution in [0.5, 0.6) is 0 Å². The maximum atomic E-state index is 12.7. The number of hydrogen-bond donors (Lipinski definition) is 1. The van der Waals surface area contributed by atoms with Crippen molar-refractivity contribution in [2.45, 2.75) is 25.8 Å². The summed E-state index contributed by atoms with van der Waals surface area (Å²) in [4.78, 5) is 30.3. The summed E-state index contributed by atoms with van der Waals surface area (Å²) in [5, 5.41) is 1.00. The zero-order valence-electron chi connectivity index (χ0n) is 12.5. The highest BCUT2D eigenvalue weighted by Crippen LogP contribution is 2.23. The first-order chi connectivity index (χ1) is 10.6. The number of primary amides is 1. The van der Waals surface area contributed by atoms with Crippen LogP contribution in [0.15, 0.2) is 36.4 Å². The predicted octanol–water partition coefficient (Wildman–Crippen LogP) is 1.96. The SMILES string of the molecule is C[C@H]1CC[C@@H](C(N)=O)CN1C(=O)c1ccc2ccccc2n1. The number of hydrogen-bond acceptors (Lipinski definition) is 3. The fraction of sp³-hybridized carbons (Fsp3) is 0.353. The van der Waals surface area contributed by atoms with E-state index in [9.17, 15) is 9.59 Å².